The van der Waals surface area contributed by atoms with Gasteiger partial charge in [-0.05, 0) is 63.3 Å². The lowest BCUT2D eigenvalue weighted by Gasteiger charge is -2.31. The number of nitrogens with two attached hydrogens (primary N) is 1. The van der Waals surface area contributed by atoms with Crippen molar-refractivity contribution in [2.75, 3.05) is 12.3 Å². The van der Waals surface area contributed by atoms with Gasteiger partial charge < -0.3 is 26.8 Å². The lowest BCUT2D eigenvalue weighted by atomic mass is 9.93. The Morgan fingerprint density at radius 3 is 2.34 bits per heavy atom. The quantitative estimate of drug-likeness (QED) is 0.163. The molecular formula is C30H39N5O3. The molecule has 0 spiro atoms. The van der Waals surface area contributed by atoms with Crippen LogP contribution in [-0.2, 0) is 16.1 Å². The Morgan fingerprint density at radius 2 is 1.79 bits per heavy atom. The number of aliphatic hydroxyl groups is 1. The zero-order valence-corrected chi connectivity index (χ0v) is 22.5. The highest BCUT2D eigenvalue weighted by Crippen LogP contribution is 2.26. The van der Waals surface area contributed by atoms with Gasteiger partial charge in [-0.3, -0.25) is 14.5 Å². The Balaban J connectivity index is 1.75. The van der Waals surface area contributed by atoms with Crippen LogP contribution in [0.4, 0.5) is 5.69 Å². The third kappa shape index (κ3) is 7.65. The predicted octanol–water partition coefficient (Wildman–Crippen LogP) is 4.28. The summed E-state index contributed by atoms with van der Waals surface area (Å²) in [4.78, 5) is 27.8. The molecule has 1 aliphatic rings. The van der Waals surface area contributed by atoms with Gasteiger partial charge >= 0.3 is 0 Å². The molecule has 8 nitrogen and oxygen atoms in total. The highest BCUT2D eigenvalue weighted by Gasteiger charge is 2.28. The van der Waals surface area contributed by atoms with Crippen LogP contribution < -0.4 is 21.7 Å². The van der Waals surface area contributed by atoms with E-state index in [9.17, 15) is 14.7 Å². The number of nitrogens with zero attached hydrogens (tertiary/aromatic N) is 1. The Bertz CT molecular complexity index is 1210. The first-order valence-electron chi connectivity index (χ1n) is 12.9. The molecule has 0 unspecified atom stereocenters. The maximum atomic E-state index is 13.5. The van der Waals surface area contributed by atoms with E-state index >= 15 is 0 Å². The number of nitrogens with one attached hydrogen (secondary N) is 3. The summed E-state index contributed by atoms with van der Waals surface area (Å²) < 4.78 is 0. The monoisotopic (exact) mass is 517 g/mol. The summed E-state index contributed by atoms with van der Waals surface area (Å²) in [5, 5.41) is 19.9. The van der Waals surface area contributed by atoms with Crippen molar-refractivity contribution in [2.24, 2.45) is 0 Å². The van der Waals surface area contributed by atoms with Crippen molar-refractivity contribution in [3.05, 3.63) is 89.8 Å². The molecule has 0 aromatic heterocycles. The standard InChI is InChI=1S/C30H39N5O3/c1-19(2)33-20(3)24-14-12-23(13-15-24)17-32-28(37)18-35(30(38)21(4)34-27-10-7-11-27)29(22(5)36)25-8-6-9-26(31)16-25/h6,8-9,12-16,19,27,33-34,36H,3-4,7,10-11,17-18,31H2,1-2,5H3,(H,32,37)/b29-22+. The fourth-order valence-corrected chi connectivity index (χ4v) is 4.18. The van der Waals surface area contributed by atoms with E-state index in [4.69, 9.17) is 5.73 Å². The highest BCUT2D eigenvalue weighted by atomic mass is 16.3. The molecule has 2 aromatic rings. The molecule has 2 aromatic carbocycles. The zero-order valence-electron chi connectivity index (χ0n) is 22.5. The fraction of sp³-hybridized carbons (Fsp3) is 0.333. The number of benzene rings is 2. The molecule has 202 valence electrons. The van der Waals surface area contributed by atoms with E-state index in [0.717, 1.165) is 36.1 Å². The van der Waals surface area contributed by atoms with Crippen LogP contribution in [0.25, 0.3) is 11.4 Å². The first kappa shape index (κ1) is 28.4. The van der Waals surface area contributed by atoms with Crippen LogP contribution in [0.5, 0.6) is 0 Å². The third-order valence-electron chi connectivity index (χ3n) is 6.32. The molecule has 1 saturated carbocycles. The van der Waals surface area contributed by atoms with E-state index in [-0.39, 0.29) is 48.2 Å². The minimum Gasteiger partial charge on any atom is -0.510 e. The van der Waals surface area contributed by atoms with Crippen molar-refractivity contribution >= 4 is 28.9 Å². The number of aliphatic hydroxyl groups excluding tert-OH is 1. The van der Waals surface area contributed by atoms with E-state index in [1.165, 1.54) is 11.8 Å². The summed E-state index contributed by atoms with van der Waals surface area (Å²) in [6, 6.07) is 15.0. The summed E-state index contributed by atoms with van der Waals surface area (Å²) in [7, 11) is 0. The number of allylic oxidation sites excluding steroid dienone is 1. The number of carbonyl (C=O) groups is 2. The van der Waals surface area contributed by atoms with Gasteiger partial charge in [-0.25, -0.2) is 0 Å². The van der Waals surface area contributed by atoms with Crippen LogP contribution in [0.3, 0.4) is 0 Å². The van der Waals surface area contributed by atoms with Gasteiger partial charge in [-0.1, -0.05) is 49.6 Å². The smallest absolute Gasteiger partial charge is 0.274 e. The second kappa shape index (κ2) is 12.9. The topological polar surface area (TPSA) is 120 Å². The van der Waals surface area contributed by atoms with Crippen LogP contribution in [0.2, 0.25) is 0 Å². The average Bonchev–Trinajstić information content (AvgIpc) is 2.83. The number of anilines is 1. The fourth-order valence-electron chi connectivity index (χ4n) is 4.18. The minimum atomic E-state index is -0.488. The van der Waals surface area contributed by atoms with Gasteiger partial charge in [0.15, 0.2) is 0 Å². The van der Waals surface area contributed by atoms with Crippen molar-refractivity contribution in [2.45, 2.75) is 58.7 Å². The summed E-state index contributed by atoms with van der Waals surface area (Å²) >= 11 is 0. The third-order valence-corrected chi connectivity index (χ3v) is 6.32. The first-order chi connectivity index (χ1) is 18.0. The van der Waals surface area contributed by atoms with E-state index in [0.29, 0.717) is 11.3 Å². The van der Waals surface area contributed by atoms with Gasteiger partial charge in [0.1, 0.15) is 12.3 Å². The molecule has 0 saturated heterocycles. The molecule has 6 N–H and O–H groups in total. The molecule has 8 heteroatoms. The molecule has 38 heavy (non-hydrogen) atoms. The van der Waals surface area contributed by atoms with Gasteiger partial charge in [0, 0.05) is 35.6 Å². The van der Waals surface area contributed by atoms with Crippen molar-refractivity contribution in [1.29, 1.82) is 0 Å². The number of carbonyl (C=O) groups excluding carboxylic acids is 2. The number of hydrogen-bond donors (Lipinski definition) is 5. The molecule has 3 rings (SSSR count). The first-order valence-corrected chi connectivity index (χ1v) is 12.9. The largest absolute Gasteiger partial charge is 0.510 e. The van der Waals surface area contributed by atoms with Crippen LogP contribution in [-0.4, -0.2) is 40.4 Å². The average molecular weight is 518 g/mol. The number of rotatable bonds is 12. The molecule has 2 amide bonds. The Kier molecular flexibility index (Phi) is 9.60. The normalized spacial score (nSPS) is 13.7. The molecule has 0 atom stereocenters. The van der Waals surface area contributed by atoms with Crippen LogP contribution in [0, 0.1) is 0 Å². The summed E-state index contributed by atoms with van der Waals surface area (Å²) in [6.07, 6.45) is 3.02. The van der Waals surface area contributed by atoms with Gasteiger partial charge in [-0.2, -0.15) is 0 Å². The lowest BCUT2D eigenvalue weighted by molar-refractivity contribution is -0.130. The van der Waals surface area contributed by atoms with Crippen LogP contribution in [0.1, 0.15) is 56.7 Å². The molecule has 1 aliphatic carbocycles. The molecule has 0 radical (unpaired) electrons. The predicted molar refractivity (Wildman–Crippen MR) is 153 cm³/mol. The molecule has 1 fully saturated rings. The van der Waals surface area contributed by atoms with E-state index in [1.54, 1.807) is 24.3 Å². The van der Waals surface area contributed by atoms with Crippen molar-refractivity contribution in [1.82, 2.24) is 20.9 Å². The van der Waals surface area contributed by atoms with E-state index < -0.39 is 5.91 Å². The molecule has 0 aliphatic heterocycles. The number of amides is 2. The van der Waals surface area contributed by atoms with Crippen LogP contribution >= 0.6 is 0 Å². The van der Waals surface area contributed by atoms with Crippen molar-refractivity contribution < 1.29 is 14.7 Å². The Labute approximate surface area is 225 Å². The second-order valence-corrected chi connectivity index (χ2v) is 9.95. The summed E-state index contributed by atoms with van der Waals surface area (Å²) in [6.45, 7) is 13.5. The number of hydrogen-bond acceptors (Lipinski definition) is 6. The van der Waals surface area contributed by atoms with Gasteiger partial charge in [0.25, 0.3) is 5.91 Å². The summed E-state index contributed by atoms with van der Waals surface area (Å²) in [5.74, 6) is -0.982. The maximum Gasteiger partial charge on any atom is 0.274 e. The molecule has 0 heterocycles. The second-order valence-electron chi connectivity index (χ2n) is 9.95. The molecule has 0 bridgehead atoms. The van der Waals surface area contributed by atoms with Gasteiger partial charge in [0.05, 0.1) is 11.4 Å². The summed E-state index contributed by atoms with van der Waals surface area (Å²) in [5.41, 5.74) is 10.0. The maximum absolute atomic E-state index is 13.5. The van der Waals surface area contributed by atoms with E-state index in [2.05, 4.69) is 29.1 Å². The molecular weight excluding hydrogens is 478 g/mol. The van der Waals surface area contributed by atoms with Gasteiger partial charge in [-0.15, -0.1) is 0 Å². The van der Waals surface area contributed by atoms with Gasteiger partial charge in [0.2, 0.25) is 5.91 Å². The minimum absolute atomic E-state index is 0.112. The van der Waals surface area contributed by atoms with Crippen LogP contribution in [0.15, 0.2) is 73.1 Å². The highest BCUT2D eigenvalue weighted by molar-refractivity contribution is 6.01. The number of nitrogen functional groups attached to an aromatic ring is 1. The lowest BCUT2D eigenvalue weighted by Crippen LogP contribution is -2.45. The zero-order chi connectivity index (χ0) is 27.8. The van der Waals surface area contributed by atoms with Crippen molar-refractivity contribution in [3.63, 3.8) is 0 Å². The van der Waals surface area contributed by atoms with E-state index in [1.807, 2.05) is 38.1 Å². The Morgan fingerprint density at radius 1 is 1.11 bits per heavy atom. The van der Waals surface area contributed by atoms with Crippen molar-refractivity contribution in [3.8, 4) is 0 Å². The SMILES string of the molecule is C=C(NC1CCC1)C(=O)N(CC(=O)NCc1ccc(C(=C)NC(C)C)cc1)/C(=C(\C)O)c1cccc(N)c1. The Hall–Kier alpha value is -4.20.